The summed E-state index contributed by atoms with van der Waals surface area (Å²) >= 11 is 0. The topological polar surface area (TPSA) is 149 Å². The molecule has 1 saturated heterocycles. The number of unbranched alkanes of at least 4 members (excludes halogenated alkanes) is 11. The van der Waals surface area contributed by atoms with Gasteiger partial charge in [-0.1, -0.05) is 150 Å². The molecular formula is C46H77NO8. The highest BCUT2D eigenvalue weighted by molar-refractivity contribution is 5.76. The van der Waals surface area contributed by atoms with Crippen molar-refractivity contribution < 1.29 is 39.8 Å². The van der Waals surface area contributed by atoms with E-state index in [9.17, 15) is 30.3 Å². The van der Waals surface area contributed by atoms with Crippen molar-refractivity contribution >= 4 is 5.91 Å². The number of nitrogens with one attached hydrogen (secondary N) is 1. The second-order valence-electron chi connectivity index (χ2n) is 14.4. The van der Waals surface area contributed by atoms with Crippen molar-refractivity contribution in [1.82, 2.24) is 5.32 Å². The van der Waals surface area contributed by atoms with Crippen molar-refractivity contribution in [2.45, 2.75) is 185 Å². The van der Waals surface area contributed by atoms with E-state index in [1.807, 2.05) is 6.08 Å². The van der Waals surface area contributed by atoms with Crippen LogP contribution in [0.1, 0.15) is 142 Å². The van der Waals surface area contributed by atoms with Crippen LogP contribution in [0, 0.1) is 0 Å². The first kappa shape index (κ1) is 50.4. The standard InChI is InChI=1S/C46H77NO8/c1-3-5-7-9-11-12-13-14-15-16-17-18-19-20-21-22-23-24-25-26-27-28-30-32-34-36-42(50)47-39(40(49)35-33-31-29-10-8-6-4-2)38-54-46-45(53)44(52)43(51)41(37-48)55-46/h5,7,11-12,14-15,17-18,20-21,23-24,33,35,39-41,43-46,48-49,51-53H,3-4,6,8-10,13,16,19,22,25-32,34,36-38H2,1-2H3,(H,47,50)/b7-5-,12-11-,15-14-,18-17-,21-20-,24-23-,35-33+. The van der Waals surface area contributed by atoms with Crippen molar-refractivity contribution in [2.24, 2.45) is 0 Å². The third-order valence-electron chi connectivity index (χ3n) is 9.48. The van der Waals surface area contributed by atoms with Gasteiger partial charge in [-0.25, -0.2) is 0 Å². The number of carbonyl (C=O) groups is 1. The molecule has 7 unspecified atom stereocenters. The van der Waals surface area contributed by atoms with Crippen LogP contribution in [0.3, 0.4) is 0 Å². The maximum atomic E-state index is 12.9. The molecule has 1 fully saturated rings. The second-order valence-corrected chi connectivity index (χ2v) is 14.4. The van der Waals surface area contributed by atoms with Crippen LogP contribution in [0.4, 0.5) is 0 Å². The molecule has 6 N–H and O–H groups in total. The fourth-order valence-electron chi connectivity index (χ4n) is 6.04. The van der Waals surface area contributed by atoms with E-state index in [1.54, 1.807) is 6.08 Å². The minimum absolute atomic E-state index is 0.201. The van der Waals surface area contributed by atoms with E-state index in [1.165, 1.54) is 19.3 Å². The first-order valence-corrected chi connectivity index (χ1v) is 21.3. The van der Waals surface area contributed by atoms with Crippen molar-refractivity contribution in [1.29, 1.82) is 0 Å². The van der Waals surface area contributed by atoms with E-state index in [-0.39, 0.29) is 12.5 Å². The average Bonchev–Trinajstić information content (AvgIpc) is 3.18. The van der Waals surface area contributed by atoms with E-state index >= 15 is 0 Å². The van der Waals surface area contributed by atoms with Crippen LogP contribution >= 0.6 is 0 Å². The van der Waals surface area contributed by atoms with Crippen molar-refractivity contribution in [2.75, 3.05) is 13.2 Å². The molecule has 0 aromatic carbocycles. The normalized spacial score (nSPS) is 22.2. The molecule has 0 aromatic heterocycles. The van der Waals surface area contributed by atoms with Gasteiger partial charge in [0.2, 0.25) is 5.91 Å². The zero-order chi connectivity index (χ0) is 40.2. The van der Waals surface area contributed by atoms with Gasteiger partial charge in [0, 0.05) is 6.42 Å². The van der Waals surface area contributed by atoms with Crippen LogP contribution in [-0.4, -0.2) is 87.5 Å². The predicted octanol–water partition coefficient (Wildman–Crippen LogP) is 8.38. The summed E-state index contributed by atoms with van der Waals surface area (Å²) in [5.41, 5.74) is 0. The molecule has 1 aliphatic rings. The monoisotopic (exact) mass is 772 g/mol. The molecule has 1 heterocycles. The quantitative estimate of drug-likeness (QED) is 0.0288. The molecule has 0 radical (unpaired) electrons. The maximum Gasteiger partial charge on any atom is 0.220 e. The molecular weight excluding hydrogens is 695 g/mol. The van der Waals surface area contributed by atoms with Crippen LogP contribution < -0.4 is 5.32 Å². The highest BCUT2D eigenvalue weighted by Gasteiger charge is 2.44. The van der Waals surface area contributed by atoms with Gasteiger partial charge in [-0.05, 0) is 70.6 Å². The van der Waals surface area contributed by atoms with Gasteiger partial charge < -0.3 is 40.3 Å². The van der Waals surface area contributed by atoms with Crippen molar-refractivity contribution in [3.8, 4) is 0 Å². The Balaban J connectivity index is 2.28. The fourth-order valence-corrected chi connectivity index (χ4v) is 6.04. The summed E-state index contributed by atoms with van der Waals surface area (Å²) in [7, 11) is 0. The number of aliphatic hydroxyl groups is 5. The minimum Gasteiger partial charge on any atom is -0.394 e. The Bertz CT molecular complexity index is 1130. The summed E-state index contributed by atoms with van der Waals surface area (Å²) in [4.78, 5) is 12.9. The zero-order valence-corrected chi connectivity index (χ0v) is 34.1. The Hall–Kier alpha value is -2.63. The number of amides is 1. The minimum atomic E-state index is -1.57. The Labute approximate surface area is 333 Å². The van der Waals surface area contributed by atoms with Gasteiger partial charge in [0.1, 0.15) is 24.4 Å². The average molecular weight is 772 g/mol. The van der Waals surface area contributed by atoms with Gasteiger partial charge in [-0.15, -0.1) is 0 Å². The lowest BCUT2D eigenvalue weighted by molar-refractivity contribution is -0.302. The second kappa shape index (κ2) is 35.8. The molecule has 55 heavy (non-hydrogen) atoms. The molecule has 9 heteroatoms. The maximum absolute atomic E-state index is 12.9. The van der Waals surface area contributed by atoms with Crippen LogP contribution in [-0.2, 0) is 14.3 Å². The summed E-state index contributed by atoms with van der Waals surface area (Å²) in [6, 6.07) is -0.815. The van der Waals surface area contributed by atoms with Gasteiger partial charge in [0.25, 0.3) is 0 Å². The summed E-state index contributed by atoms with van der Waals surface area (Å²) in [5, 5.41) is 53.8. The number of ether oxygens (including phenoxy) is 2. The zero-order valence-electron chi connectivity index (χ0n) is 34.1. The van der Waals surface area contributed by atoms with Gasteiger partial charge in [0.15, 0.2) is 6.29 Å². The van der Waals surface area contributed by atoms with Crippen molar-refractivity contribution in [3.63, 3.8) is 0 Å². The van der Waals surface area contributed by atoms with Crippen LogP contribution in [0.25, 0.3) is 0 Å². The summed E-state index contributed by atoms with van der Waals surface area (Å²) < 4.78 is 11.1. The van der Waals surface area contributed by atoms with Crippen LogP contribution in [0.15, 0.2) is 85.1 Å². The third-order valence-corrected chi connectivity index (χ3v) is 9.48. The van der Waals surface area contributed by atoms with E-state index in [4.69, 9.17) is 9.47 Å². The summed E-state index contributed by atoms with van der Waals surface area (Å²) in [6.07, 6.45) is 42.2. The van der Waals surface area contributed by atoms with Gasteiger partial charge in [-0.3, -0.25) is 4.79 Å². The first-order chi connectivity index (χ1) is 26.8. The third kappa shape index (κ3) is 26.8. The Morgan fingerprint density at radius 2 is 1.13 bits per heavy atom. The molecule has 0 saturated carbocycles. The molecule has 0 bridgehead atoms. The Kier molecular flexibility index (Phi) is 32.8. The lowest BCUT2D eigenvalue weighted by Gasteiger charge is -2.40. The number of rotatable bonds is 33. The highest BCUT2D eigenvalue weighted by atomic mass is 16.7. The van der Waals surface area contributed by atoms with Crippen LogP contribution in [0.5, 0.6) is 0 Å². The SMILES string of the molecule is CC/C=C\C/C=C\C/C=C\C/C=C\C/C=C\C/C=C\CCCCCCCCC(=O)NC(COC1OC(CO)C(O)C(O)C1O)C(O)/C=C/CCCCCCC. The molecule has 0 aliphatic carbocycles. The van der Waals surface area contributed by atoms with Crippen LogP contribution in [0.2, 0.25) is 0 Å². The number of carbonyl (C=O) groups excluding carboxylic acids is 1. The van der Waals surface area contributed by atoms with E-state index in [0.717, 1.165) is 103 Å². The molecule has 0 aromatic rings. The molecule has 1 amide bonds. The smallest absolute Gasteiger partial charge is 0.220 e. The first-order valence-electron chi connectivity index (χ1n) is 21.3. The molecule has 0 spiro atoms. The number of hydrogen-bond acceptors (Lipinski definition) is 8. The molecule has 7 atom stereocenters. The predicted molar refractivity (Wildman–Crippen MR) is 225 cm³/mol. The van der Waals surface area contributed by atoms with E-state index < -0.39 is 49.5 Å². The summed E-state index contributed by atoms with van der Waals surface area (Å²) in [6.45, 7) is 3.55. The van der Waals surface area contributed by atoms with Gasteiger partial charge in [0.05, 0.1) is 25.4 Å². The molecule has 1 aliphatic heterocycles. The number of allylic oxidation sites excluding steroid dienone is 13. The Morgan fingerprint density at radius 3 is 1.67 bits per heavy atom. The van der Waals surface area contributed by atoms with Crippen molar-refractivity contribution in [3.05, 3.63) is 85.1 Å². The molecule has 314 valence electrons. The number of aliphatic hydroxyl groups excluding tert-OH is 5. The van der Waals surface area contributed by atoms with Gasteiger partial charge in [-0.2, -0.15) is 0 Å². The largest absolute Gasteiger partial charge is 0.394 e. The highest BCUT2D eigenvalue weighted by Crippen LogP contribution is 2.22. The Morgan fingerprint density at radius 1 is 0.636 bits per heavy atom. The lowest BCUT2D eigenvalue weighted by atomic mass is 9.99. The van der Waals surface area contributed by atoms with E-state index in [0.29, 0.717) is 6.42 Å². The lowest BCUT2D eigenvalue weighted by Crippen LogP contribution is -2.60. The summed E-state index contributed by atoms with van der Waals surface area (Å²) in [5.74, 6) is -0.202. The molecule has 9 nitrogen and oxygen atoms in total. The fraction of sp³-hybridized carbons (Fsp3) is 0.674. The number of hydrogen-bond donors (Lipinski definition) is 6. The molecule has 1 rings (SSSR count). The van der Waals surface area contributed by atoms with E-state index in [2.05, 4.69) is 92.1 Å². The van der Waals surface area contributed by atoms with Gasteiger partial charge >= 0.3 is 0 Å².